The Morgan fingerprint density at radius 2 is 1.10 bits per heavy atom. The number of ether oxygens (including phenoxy) is 1. The van der Waals surface area contributed by atoms with E-state index >= 15 is 0 Å². The molecular weight excluding hydrogens is 602 g/mol. The first kappa shape index (κ1) is 36.0. The number of hydrogen-bond acceptors (Lipinski definition) is 3. The second-order valence-electron chi connectivity index (χ2n) is 17.7. The lowest BCUT2D eigenvalue weighted by Gasteiger charge is -2.31. The summed E-state index contributed by atoms with van der Waals surface area (Å²) in [5.41, 5.74) is 7.43. The normalized spacial score (nSPS) is 13.5. The Kier molecular flexibility index (Phi) is 9.21. The minimum absolute atomic E-state index is 0.0948. The van der Waals surface area contributed by atoms with Crippen molar-refractivity contribution in [1.29, 1.82) is 0 Å². The van der Waals surface area contributed by atoms with Crippen molar-refractivity contribution in [2.75, 3.05) is 7.11 Å². The quantitative estimate of drug-likeness (QED) is 0.205. The summed E-state index contributed by atoms with van der Waals surface area (Å²) in [6.45, 7) is 25.7. The summed E-state index contributed by atoms with van der Waals surface area (Å²) in [7, 11) is 1.69. The zero-order valence-electron chi connectivity index (χ0n) is 31.9. The molecule has 1 atom stereocenters. The van der Waals surface area contributed by atoms with E-state index in [1.54, 1.807) is 7.11 Å². The molecule has 0 amide bonds. The molecule has 4 nitrogen and oxygen atoms in total. The van der Waals surface area contributed by atoms with Crippen molar-refractivity contribution in [3.05, 3.63) is 129 Å². The average molecular weight is 658 g/mol. The zero-order valence-corrected chi connectivity index (χ0v) is 31.9. The van der Waals surface area contributed by atoms with Crippen molar-refractivity contribution in [2.24, 2.45) is 0 Å². The Morgan fingerprint density at radius 1 is 0.612 bits per heavy atom. The molecule has 0 aliphatic heterocycles. The standard InChI is InChI=1S/C45H55NO3/c1-42(2,3)34-23-30(24-35(40(34)47)43(4,5)6)39(29-19-21-31(49-13)22-20-29)46-27-33(28-17-15-14-16-18-28)32-25-36(44(7,8)9)41(48)37(26-38(32)46)45(10,11)12/h14-27,39,47H,1-13H3. The fraction of sp³-hybridized carbons (Fsp3) is 0.400. The highest BCUT2D eigenvalue weighted by Gasteiger charge is 2.32. The lowest BCUT2D eigenvalue weighted by Crippen LogP contribution is -2.28. The number of nitrogens with zero attached hydrogens (tertiary/aromatic N) is 1. The maximum Gasteiger partial charge on any atom is 0.186 e. The molecule has 4 aromatic carbocycles. The first-order valence-corrected chi connectivity index (χ1v) is 17.4. The van der Waals surface area contributed by atoms with E-state index in [2.05, 4.69) is 155 Å². The molecule has 5 aromatic rings. The van der Waals surface area contributed by atoms with Crippen LogP contribution in [-0.4, -0.2) is 16.8 Å². The van der Waals surface area contributed by atoms with E-state index in [4.69, 9.17) is 4.74 Å². The molecule has 5 rings (SSSR count). The molecule has 49 heavy (non-hydrogen) atoms. The molecule has 0 aliphatic rings. The minimum atomic E-state index is -0.391. The van der Waals surface area contributed by atoms with Crippen LogP contribution in [0.1, 0.15) is 123 Å². The smallest absolute Gasteiger partial charge is 0.186 e. The molecule has 1 aromatic heterocycles. The van der Waals surface area contributed by atoms with Crippen LogP contribution in [0.25, 0.3) is 22.0 Å². The van der Waals surface area contributed by atoms with E-state index in [9.17, 15) is 9.90 Å². The van der Waals surface area contributed by atoms with Gasteiger partial charge in [0, 0.05) is 33.8 Å². The summed E-state index contributed by atoms with van der Waals surface area (Å²) in [5, 5.41) is 12.8. The van der Waals surface area contributed by atoms with E-state index in [0.29, 0.717) is 5.75 Å². The first-order valence-electron chi connectivity index (χ1n) is 17.4. The summed E-state index contributed by atoms with van der Waals surface area (Å²) in [5.74, 6) is 1.14. The fourth-order valence-corrected chi connectivity index (χ4v) is 6.85. The highest BCUT2D eigenvalue weighted by atomic mass is 16.5. The van der Waals surface area contributed by atoms with Gasteiger partial charge in [0.1, 0.15) is 11.5 Å². The summed E-state index contributed by atoms with van der Waals surface area (Å²) in [4.78, 5) is 14.5. The van der Waals surface area contributed by atoms with Gasteiger partial charge in [0.2, 0.25) is 0 Å². The average Bonchev–Trinajstić information content (AvgIpc) is 3.25. The summed E-state index contributed by atoms with van der Waals surface area (Å²) in [6.07, 6.45) is 2.26. The number of fused-ring (bicyclic) bond motifs is 1. The van der Waals surface area contributed by atoms with Crippen molar-refractivity contribution in [3.8, 4) is 22.6 Å². The van der Waals surface area contributed by atoms with Crippen LogP contribution in [0.5, 0.6) is 11.5 Å². The maximum absolute atomic E-state index is 14.5. The van der Waals surface area contributed by atoms with Gasteiger partial charge in [0.15, 0.2) is 5.43 Å². The van der Waals surface area contributed by atoms with Crippen LogP contribution >= 0.6 is 0 Å². The van der Waals surface area contributed by atoms with Gasteiger partial charge < -0.3 is 14.4 Å². The Hall–Kier alpha value is -4.31. The van der Waals surface area contributed by atoms with Gasteiger partial charge in [-0.1, -0.05) is 126 Å². The van der Waals surface area contributed by atoms with E-state index in [0.717, 1.165) is 61.2 Å². The summed E-state index contributed by atoms with van der Waals surface area (Å²) >= 11 is 0. The number of methoxy groups -OCH3 is 1. The molecule has 0 aliphatic carbocycles. The number of phenolic OH excluding ortho intramolecular Hbond substituents is 1. The number of aromatic hydroxyl groups is 1. The third-order valence-electron chi connectivity index (χ3n) is 9.65. The number of rotatable bonds is 5. The Labute approximate surface area is 293 Å². The van der Waals surface area contributed by atoms with Gasteiger partial charge in [0.05, 0.1) is 13.2 Å². The van der Waals surface area contributed by atoms with Crippen LogP contribution in [0.3, 0.4) is 0 Å². The Balaban J connectivity index is 2.04. The molecule has 1 heterocycles. The zero-order chi connectivity index (χ0) is 36.3. The lowest BCUT2D eigenvalue weighted by atomic mass is 9.77. The van der Waals surface area contributed by atoms with Crippen molar-refractivity contribution in [1.82, 2.24) is 4.57 Å². The highest BCUT2D eigenvalue weighted by molar-refractivity contribution is 5.97. The summed E-state index contributed by atoms with van der Waals surface area (Å²) < 4.78 is 7.94. The molecule has 1 unspecified atom stereocenters. The van der Waals surface area contributed by atoms with Gasteiger partial charge in [-0.15, -0.1) is 0 Å². The van der Waals surface area contributed by atoms with Crippen LogP contribution < -0.4 is 10.2 Å². The van der Waals surface area contributed by atoms with Crippen LogP contribution in [0.2, 0.25) is 0 Å². The van der Waals surface area contributed by atoms with Crippen LogP contribution in [-0.2, 0) is 21.7 Å². The second kappa shape index (κ2) is 12.5. The highest BCUT2D eigenvalue weighted by Crippen LogP contribution is 2.45. The minimum Gasteiger partial charge on any atom is -0.507 e. The number of aromatic nitrogens is 1. The molecule has 0 bridgehead atoms. The Morgan fingerprint density at radius 3 is 1.57 bits per heavy atom. The Bertz CT molecular complexity index is 2000. The van der Waals surface area contributed by atoms with Gasteiger partial charge >= 0.3 is 0 Å². The van der Waals surface area contributed by atoms with Gasteiger partial charge in [-0.25, -0.2) is 0 Å². The third kappa shape index (κ3) is 7.06. The van der Waals surface area contributed by atoms with Gasteiger partial charge in [-0.05, 0) is 85.9 Å². The van der Waals surface area contributed by atoms with E-state index in [-0.39, 0.29) is 27.7 Å². The number of phenols is 1. The van der Waals surface area contributed by atoms with Crippen molar-refractivity contribution < 1.29 is 9.84 Å². The predicted molar refractivity (Wildman–Crippen MR) is 207 cm³/mol. The molecule has 4 heteroatoms. The molecule has 0 radical (unpaired) electrons. The molecule has 1 N–H and O–H groups in total. The molecular formula is C45H55NO3. The van der Waals surface area contributed by atoms with Gasteiger partial charge in [-0.2, -0.15) is 0 Å². The number of hydrogen-bond donors (Lipinski definition) is 1. The molecule has 0 spiro atoms. The third-order valence-corrected chi connectivity index (χ3v) is 9.65. The summed E-state index contributed by atoms with van der Waals surface area (Å²) in [6, 6.07) is 27.1. The van der Waals surface area contributed by atoms with Crippen molar-refractivity contribution in [3.63, 3.8) is 0 Å². The topological polar surface area (TPSA) is 51.5 Å². The lowest BCUT2D eigenvalue weighted by molar-refractivity contribution is 0.414. The maximum atomic E-state index is 14.5. The van der Waals surface area contributed by atoms with E-state index in [1.807, 2.05) is 18.2 Å². The van der Waals surface area contributed by atoms with Crippen LogP contribution in [0.15, 0.2) is 89.9 Å². The van der Waals surface area contributed by atoms with Crippen LogP contribution in [0, 0.1) is 0 Å². The SMILES string of the molecule is COc1ccc(C(c2cc(C(C)(C)C)c(O)c(C(C)(C)C)c2)n2cc(-c3ccccc3)c3cc(C(C)(C)C)c(=O)c(C(C)(C)C)cc32)cc1. The first-order chi connectivity index (χ1) is 22.6. The van der Waals surface area contributed by atoms with Crippen LogP contribution in [0.4, 0.5) is 0 Å². The monoisotopic (exact) mass is 657 g/mol. The van der Waals surface area contributed by atoms with E-state index in [1.165, 1.54) is 0 Å². The second-order valence-corrected chi connectivity index (χ2v) is 17.7. The number of benzene rings is 3. The van der Waals surface area contributed by atoms with Crippen molar-refractivity contribution in [2.45, 2.75) is 111 Å². The van der Waals surface area contributed by atoms with Gasteiger partial charge in [0.25, 0.3) is 0 Å². The van der Waals surface area contributed by atoms with Crippen molar-refractivity contribution >= 4 is 10.9 Å². The molecule has 0 fully saturated rings. The van der Waals surface area contributed by atoms with Gasteiger partial charge in [-0.3, -0.25) is 4.79 Å². The largest absolute Gasteiger partial charge is 0.507 e. The molecule has 0 saturated heterocycles. The molecule has 258 valence electrons. The predicted octanol–water partition coefficient (Wildman–Crippen LogP) is 11.2. The van der Waals surface area contributed by atoms with E-state index < -0.39 is 5.41 Å². The molecule has 0 saturated carbocycles. The fourth-order valence-electron chi connectivity index (χ4n) is 6.85.